The van der Waals surface area contributed by atoms with Crippen molar-refractivity contribution in [1.82, 2.24) is 0 Å². The van der Waals surface area contributed by atoms with Gasteiger partial charge in [0, 0.05) is 7.11 Å². The average Bonchev–Trinajstić information content (AvgIpc) is 2.20. The first-order valence-corrected chi connectivity index (χ1v) is 4.35. The van der Waals surface area contributed by atoms with Gasteiger partial charge in [-0.1, -0.05) is 6.07 Å². The van der Waals surface area contributed by atoms with Crippen LogP contribution in [0.5, 0.6) is 0 Å². The lowest BCUT2D eigenvalue weighted by Crippen LogP contribution is -1.96. The maximum Gasteiger partial charge on any atom is 0.123 e. The fourth-order valence-corrected chi connectivity index (χ4v) is 1.29. The normalized spacial score (nSPS) is 11.8. The fourth-order valence-electron chi connectivity index (χ4n) is 1.29. The molecule has 0 saturated heterocycles. The molecule has 0 aromatic heterocycles. The van der Waals surface area contributed by atoms with Crippen molar-refractivity contribution in [3.63, 3.8) is 0 Å². The molecule has 76 valence electrons. The lowest BCUT2D eigenvalue weighted by Gasteiger charge is -2.08. The van der Waals surface area contributed by atoms with Crippen molar-refractivity contribution < 1.29 is 9.13 Å². The predicted octanol–water partition coefficient (Wildman–Crippen LogP) is 2.29. The van der Waals surface area contributed by atoms with Gasteiger partial charge in [-0.25, -0.2) is 4.39 Å². The lowest BCUT2D eigenvalue weighted by molar-refractivity contribution is 0.184. The fraction of sp³-hybridized carbons (Fsp3) is 0.273. The summed E-state index contributed by atoms with van der Waals surface area (Å²) in [7, 11) is 1.61. The summed E-state index contributed by atoms with van der Waals surface area (Å²) in [6, 6.07) is 4.59. The number of allylic oxidation sites excluding steroid dienone is 1. The molecule has 0 fully saturated rings. The molecule has 0 heterocycles. The topological polar surface area (TPSA) is 35.2 Å². The molecule has 0 bridgehead atoms. The van der Waals surface area contributed by atoms with Crippen LogP contribution in [-0.2, 0) is 11.3 Å². The Bertz CT molecular complexity index is 347. The van der Waals surface area contributed by atoms with E-state index in [1.807, 2.05) is 6.92 Å². The molecule has 1 aromatic rings. The van der Waals surface area contributed by atoms with Crippen molar-refractivity contribution in [2.24, 2.45) is 5.73 Å². The third kappa shape index (κ3) is 2.33. The second kappa shape index (κ2) is 4.77. The van der Waals surface area contributed by atoms with Crippen molar-refractivity contribution in [3.8, 4) is 0 Å². The van der Waals surface area contributed by atoms with Crippen LogP contribution in [0.15, 0.2) is 24.4 Å². The molecule has 0 saturated carbocycles. The first-order chi connectivity index (χ1) is 6.69. The molecule has 1 rings (SSSR count). The van der Waals surface area contributed by atoms with Gasteiger partial charge in [0.2, 0.25) is 0 Å². The van der Waals surface area contributed by atoms with E-state index in [2.05, 4.69) is 0 Å². The second-order valence-electron chi connectivity index (χ2n) is 3.08. The monoisotopic (exact) mass is 195 g/mol. The Morgan fingerprint density at radius 2 is 2.29 bits per heavy atom. The minimum atomic E-state index is -0.263. The van der Waals surface area contributed by atoms with Gasteiger partial charge in [-0.2, -0.15) is 0 Å². The molecule has 1 aromatic carbocycles. The number of hydrogen-bond donors (Lipinski definition) is 1. The Labute approximate surface area is 83.2 Å². The summed E-state index contributed by atoms with van der Waals surface area (Å²) >= 11 is 0. The first kappa shape index (κ1) is 10.7. The van der Waals surface area contributed by atoms with Gasteiger partial charge >= 0.3 is 0 Å². The van der Waals surface area contributed by atoms with Crippen LogP contribution in [0.1, 0.15) is 18.1 Å². The van der Waals surface area contributed by atoms with E-state index in [0.717, 1.165) is 16.7 Å². The lowest BCUT2D eigenvalue weighted by atomic mass is 10.0. The van der Waals surface area contributed by atoms with Crippen LogP contribution in [0.25, 0.3) is 5.57 Å². The third-order valence-corrected chi connectivity index (χ3v) is 2.05. The Hall–Kier alpha value is -1.35. The smallest absolute Gasteiger partial charge is 0.123 e. The molecule has 0 amide bonds. The highest BCUT2D eigenvalue weighted by atomic mass is 19.1. The predicted molar refractivity (Wildman–Crippen MR) is 55.0 cm³/mol. The number of benzene rings is 1. The van der Waals surface area contributed by atoms with E-state index in [-0.39, 0.29) is 5.82 Å². The highest BCUT2D eigenvalue weighted by Crippen LogP contribution is 2.20. The van der Waals surface area contributed by atoms with Crippen molar-refractivity contribution in [2.75, 3.05) is 7.11 Å². The van der Waals surface area contributed by atoms with Crippen LogP contribution in [0, 0.1) is 5.82 Å². The quantitative estimate of drug-likeness (QED) is 0.803. The summed E-state index contributed by atoms with van der Waals surface area (Å²) < 4.78 is 18.0. The summed E-state index contributed by atoms with van der Waals surface area (Å²) in [5.41, 5.74) is 7.98. The van der Waals surface area contributed by atoms with E-state index in [4.69, 9.17) is 10.5 Å². The van der Waals surface area contributed by atoms with Crippen molar-refractivity contribution in [2.45, 2.75) is 13.5 Å². The van der Waals surface area contributed by atoms with E-state index in [9.17, 15) is 4.39 Å². The van der Waals surface area contributed by atoms with Crippen LogP contribution in [0.4, 0.5) is 4.39 Å². The second-order valence-corrected chi connectivity index (χ2v) is 3.08. The largest absolute Gasteiger partial charge is 0.404 e. The molecule has 3 heteroatoms. The molecule has 2 nitrogen and oxygen atoms in total. The summed E-state index contributed by atoms with van der Waals surface area (Å²) in [6.45, 7) is 2.30. The summed E-state index contributed by atoms with van der Waals surface area (Å²) in [4.78, 5) is 0. The minimum Gasteiger partial charge on any atom is -0.404 e. The maximum atomic E-state index is 13.0. The van der Waals surface area contributed by atoms with Crippen LogP contribution in [0.2, 0.25) is 0 Å². The molecule has 0 radical (unpaired) electrons. The number of rotatable bonds is 3. The highest BCUT2D eigenvalue weighted by molar-refractivity contribution is 5.66. The Balaban J connectivity index is 3.15. The van der Waals surface area contributed by atoms with Gasteiger partial charge in [0.15, 0.2) is 0 Å². The zero-order valence-electron chi connectivity index (χ0n) is 8.38. The number of methoxy groups -OCH3 is 1. The molecule has 0 atom stereocenters. The van der Waals surface area contributed by atoms with Gasteiger partial charge < -0.3 is 10.5 Å². The van der Waals surface area contributed by atoms with Crippen molar-refractivity contribution in [1.29, 1.82) is 0 Å². The summed E-state index contributed by atoms with van der Waals surface area (Å²) in [6.07, 6.45) is 1.47. The standard InChI is InChI=1S/C11H14FNO/c1-8(6-13)11-5-10(12)4-3-9(11)7-14-2/h3-6H,7,13H2,1-2H3/b8-6-. The molecular weight excluding hydrogens is 181 g/mol. The Morgan fingerprint density at radius 3 is 2.86 bits per heavy atom. The number of hydrogen-bond acceptors (Lipinski definition) is 2. The Morgan fingerprint density at radius 1 is 1.57 bits per heavy atom. The molecule has 0 spiro atoms. The summed E-state index contributed by atoms with van der Waals surface area (Å²) in [5, 5.41) is 0. The molecule has 0 unspecified atom stereocenters. The average molecular weight is 195 g/mol. The number of ether oxygens (including phenoxy) is 1. The third-order valence-electron chi connectivity index (χ3n) is 2.05. The highest BCUT2D eigenvalue weighted by Gasteiger charge is 2.05. The number of nitrogens with two attached hydrogens (primary N) is 1. The van der Waals surface area contributed by atoms with E-state index in [1.165, 1.54) is 18.3 Å². The molecule has 0 aliphatic carbocycles. The van der Waals surface area contributed by atoms with E-state index < -0.39 is 0 Å². The molecule has 14 heavy (non-hydrogen) atoms. The van der Waals surface area contributed by atoms with Crippen molar-refractivity contribution in [3.05, 3.63) is 41.3 Å². The van der Waals surface area contributed by atoms with Gasteiger partial charge in [0.05, 0.1) is 6.61 Å². The zero-order valence-corrected chi connectivity index (χ0v) is 8.38. The van der Waals surface area contributed by atoms with E-state index >= 15 is 0 Å². The first-order valence-electron chi connectivity index (χ1n) is 4.35. The molecule has 0 aliphatic rings. The minimum absolute atomic E-state index is 0.263. The van der Waals surface area contributed by atoms with Crippen molar-refractivity contribution >= 4 is 5.57 Å². The van der Waals surface area contributed by atoms with E-state index in [0.29, 0.717) is 6.61 Å². The summed E-state index contributed by atoms with van der Waals surface area (Å²) in [5.74, 6) is -0.263. The molecule has 0 aliphatic heterocycles. The van der Waals surface area contributed by atoms with Gasteiger partial charge in [0.25, 0.3) is 0 Å². The maximum absolute atomic E-state index is 13.0. The SMILES string of the molecule is COCc1ccc(F)cc1/C(C)=C\N. The zero-order chi connectivity index (χ0) is 10.6. The molecular formula is C11H14FNO. The van der Waals surface area contributed by atoms with Crippen LogP contribution >= 0.6 is 0 Å². The van der Waals surface area contributed by atoms with Crippen LogP contribution in [0.3, 0.4) is 0 Å². The van der Waals surface area contributed by atoms with Crippen LogP contribution < -0.4 is 5.73 Å². The van der Waals surface area contributed by atoms with Gasteiger partial charge in [0.1, 0.15) is 5.82 Å². The van der Waals surface area contributed by atoms with Gasteiger partial charge in [-0.3, -0.25) is 0 Å². The van der Waals surface area contributed by atoms with Crippen LogP contribution in [-0.4, -0.2) is 7.11 Å². The number of halogens is 1. The Kier molecular flexibility index (Phi) is 3.65. The van der Waals surface area contributed by atoms with Gasteiger partial charge in [-0.05, 0) is 42.0 Å². The van der Waals surface area contributed by atoms with Gasteiger partial charge in [-0.15, -0.1) is 0 Å². The van der Waals surface area contributed by atoms with E-state index in [1.54, 1.807) is 13.2 Å². The molecule has 2 N–H and O–H groups in total.